The summed E-state index contributed by atoms with van der Waals surface area (Å²) >= 11 is 1.85. The summed E-state index contributed by atoms with van der Waals surface area (Å²) in [5, 5.41) is 2.20. The average Bonchev–Trinajstić information content (AvgIpc) is 3.25. The van der Waals surface area contributed by atoms with Crippen LogP contribution in [0.1, 0.15) is 86.8 Å². The zero-order chi connectivity index (χ0) is 22.3. The first kappa shape index (κ1) is 23.4. The molecule has 2 aliphatic rings. The van der Waals surface area contributed by atoms with E-state index >= 15 is 0 Å². The summed E-state index contributed by atoms with van der Waals surface area (Å²) in [4.78, 5) is 29.3. The fraction of sp³-hybridized carbons (Fsp3) is 0.571. The van der Waals surface area contributed by atoms with Gasteiger partial charge in [0.1, 0.15) is 11.6 Å². The Kier molecular flexibility index (Phi) is 8.31. The summed E-state index contributed by atoms with van der Waals surface area (Å²) in [6.45, 7) is 3.25. The van der Waals surface area contributed by atoms with Crippen molar-refractivity contribution >= 4 is 22.9 Å². The molecule has 4 heteroatoms. The van der Waals surface area contributed by atoms with Gasteiger partial charge in [0.2, 0.25) is 0 Å². The van der Waals surface area contributed by atoms with E-state index in [0.717, 1.165) is 70.8 Å². The van der Waals surface area contributed by atoms with Crippen molar-refractivity contribution in [1.29, 1.82) is 0 Å². The summed E-state index contributed by atoms with van der Waals surface area (Å²) < 4.78 is 0. The van der Waals surface area contributed by atoms with E-state index in [-0.39, 0.29) is 17.9 Å². The van der Waals surface area contributed by atoms with Crippen LogP contribution in [-0.4, -0.2) is 29.6 Å². The molecule has 0 saturated heterocycles. The normalized spacial score (nSPS) is 25.5. The molecule has 0 bridgehead atoms. The summed E-state index contributed by atoms with van der Waals surface area (Å²) in [5.41, 5.74) is 2.68. The fourth-order valence-electron chi connectivity index (χ4n) is 5.65. The number of thiophene rings is 1. The highest BCUT2D eigenvalue weighted by Gasteiger charge is 2.32. The van der Waals surface area contributed by atoms with E-state index in [9.17, 15) is 9.59 Å². The van der Waals surface area contributed by atoms with Gasteiger partial charge in [-0.1, -0.05) is 62.4 Å². The number of fused-ring (bicyclic) bond motifs is 1. The van der Waals surface area contributed by atoms with E-state index in [4.69, 9.17) is 0 Å². The van der Waals surface area contributed by atoms with Crippen LogP contribution in [0.25, 0.3) is 0 Å². The molecule has 1 aliphatic heterocycles. The summed E-state index contributed by atoms with van der Waals surface area (Å²) in [5.74, 6) is 1.18. The van der Waals surface area contributed by atoms with Crippen LogP contribution in [0.5, 0.6) is 0 Å². The molecule has 0 amide bonds. The third kappa shape index (κ3) is 5.77. The highest BCUT2D eigenvalue weighted by molar-refractivity contribution is 7.10. The van der Waals surface area contributed by atoms with Crippen molar-refractivity contribution in [1.82, 2.24) is 4.90 Å². The van der Waals surface area contributed by atoms with Gasteiger partial charge >= 0.3 is 0 Å². The van der Waals surface area contributed by atoms with Gasteiger partial charge in [-0.2, -0.15) is 0 Å². The van der Waals surface area contributed by atoms with Gasteiger partial charge in [0, 0.05) is 23.3 Å². The van der Waals surface area contributed by atoms with Crippen LogP contribution in [-0.2, 0) is 16.0 Å². The predicted molar refractivity (Wildman–Crippen MR) is 132 cm³/mol. The molecule has 1 aromatic heterocycles. The first-order chi connectivity index (χ1) is 15.6. The van der Waals surface area contributed by atoms with Crippen molar-refractivity contribution in [2.75, 3.05) is 13.1 Å². The standard InChI is InChI=1S/C28H37NO2S/c1-21(30)22-10-4-2-5-12-23(13-9-8-11-22)26(31)20-29-18-16-27-25(17-19-32-27)28(29)24-14-6-3-7-15-24/h3,6-7,14-15,17,19,22-23,28H,2,4-5,8-13,16,18,20H2,1H3. The summed E-state index contributed by atoms with van der Waals surface area (Å²) in [7, 11) is 0. The maximum absolute atomic E-state index is 13.5. The van der Waals surface area contributed by atoms with Crippen LogP contribution in [0, 0.1) is 11.8 Å². The molecular formula is C28H37NO2S. The van der Waals surface area contributed by atoms with E-state index in [1.165, 1.54) is 16.0 Å². The van der Waals surface area contributed by atoms with Crippen LogP contribution in [0.15, 0.2) is 41.8 Å². The van der Waals surface area contributed by atoms with Crippen molar-refractivity contribution in [3.8, 4) is 0 Å². The molecule has 3 nitrogen and oxygen atoms in total. The molecular weight excluding hydrogens is 414 g/mol. The third-order valence-electron chi connectivity index (χ3n) is 7.53. The first-order valence-corrected chi connectivity index (χ1v) is 13.4. The molecule has 32 heavy (non-hydrogen) atoms. The maximum atomic E-state index is 13.5. The topological polar surface area (TPSA) is 37.4 Å². The van der Waals surface area contributed by atoms with E-state index in [1.807, 2.05) is 11.3 Å². The van der Waals surface area contributed by atoms with Crippen LogP contribution >= 0.6 is 11.3 Å². The van der Waals surface area contributed by atoms with Gasteiger partial charge < -0.3 is 0 Å². The number of rotatable bonds is 5. The quantitative estimate of drug-likeness (QED) is 0.513. The van der Waals surface area contributed by atoms with Crippen molar-refractivity contribution in [3.05, 3.63) is 57.8 Å². The highest BCUT2D eigenvalue weighted by Crippen LogP contribution is 2.38. The largest absolute Gasteiger partial charge is 0.300 e. The Morgan fingerprint density at radius 3 is 2.25 bits per heavy atom. The Morgan fingerprint density at radius 2 is 1.56 bits per heavy atom. The minimum absolute atomic E-state index is 0.171. The Labute approximate surface area is 197 Å². The van der Waals surface area contributed by atoms with Gasteiger partial charge in [-0.05, 0) is 61.6 Å². The second kappa shape index (κ2) is 11.4. The summed E-state index contributed by atoms with van der Waals surface area (Å²) in [6.07, 6.45) is 10.6. The monoisotopic (exact) mass is 451 g/mol. The van der Waals surface area contributed by atoms with Gasteiger partial charge in [0.15, 0.2) is 0 Å². The molecule has 1 saturated carbocycles. The molecule has 172 valence electrons. The van der Waals surface area contributed by atoms with Crippen molar-refractivity contribution < 1.29 is 9.59 Å². The van der Waals surface area contributed by atoms with Crippen molar-refractivity contribution in [3.63, 3.8) is 0 Å². The Bertz CT molecular complexity index is 890. The SMILES string of the molecule is CC(=O)C1CCCCCC(C(=O)CN2CCc3sccc3C2c2ccccc2)CCCC1. The molecule has 2 heterocycles. The molecule has 1 aliphatic carbocycles. The van der Waals surface area contributed by atoms with Gasteiger partial charge in [-0.25, -0.2) is 0 Å². The Hall–Kier alpha value is -1.78. The molecule has 3 unspecified atom stereocenters. The zero-order valence-corrected chi connectivity index (χ0v) is 20.2. The van der Waals surface area contributed by atoms with Crippen LogP contribution in [0.3, 0.4) is 0 Å². The zero-order valence-electron chi connectivity index (χ0n) is 19.4. The first-order valence-electron chi connectivity index (χ1n) is 12.5. The maximum Gasteiger partial charge on any atom is 0.149 e. The molecule has 2 aromatic rings. The van der Waals surface area contributed by atoms with E-state index in [0.29, 0.717) is 18.1 Å². The number of benzene rings is 1. The van der Waals surface area contributed by atoms with E-state index < -0.39 is 0 Å². The lowest BCUT2D eigenvalue weighted by atomic mass is 9.89. The number of carbonyl (C=O) groups is 2. The molecule has 0 radical (unpaired) electrons. The van der Waals surface area contributed by atoms with E-state index in [2.05, 4.69) is 46.7 Å². The number of nitrogens with zero attached hydrogens (tertiary/aromatic N) is 1. The second-order valence-corrected chi connectivity index (χ2v) is 10.7. The summed E-state index contributed by atoms with van der Waals surface area (Å²) in [6, 6.07) is 13.1. The van der Waals surface area contributed by atoms with Gasteiger partial charge in [-0.15, -0.1) is 11.3 Å². The third-order valence-corrected chi connectivity index (χ3v) is 8.53. The molecule has 1 aromatic carbocycles. The minimum atomic E-state index is 0.171. The smallest absolute Gasteiger partial charge is 0.149 e. The Morgan fingerprint density at radius 1 is 0.906 bits per heavy atom. The van der Waals surface area contributed by atoms with Crippen LogP contribution in [0.2, 0.25) is 0 Å². The number of Topliss-reactive ketones (excluding diaryl/α,β-unsaturated/α-hetero) is 2. The number of hydrogen-bond donors (Lipinski definition) is 0. The van der Waals surface area contributed by atoms with Crippen LogP contribution in [0.4, 0.5) is 0 Å². The van der Waals surface area contributed by atoms with Gasteiger partial charge in [0.05, 0.1) is 12.6 Å². The highest BCUT2D eigenvalue weighted by atomic mass is 32.1. The van der Waals surface area contributed by atoms with Gasteiger partial charge in [0.25, 0.3) is 0 Å². The lowest BCUT2D eigenvalue weighted by Gasteiger charge is -2.36. The molecule has 3 atom stereocenters. The van der Waals surface area contributed by atoms with E-state index in [1.54, 1.807) is 6.92 Å². The minimum Gasteiger partial charge on any atom is -0.300 e. The van der Waals surface area contributed by atoms with Gasteiger partial charge in [-0.3, -0.25) is 14.5 Å². The fourth-order valence-corrected chi connectivity index (χ4v) is 6.55. The Balaban J connectivity index is 1.44. The molecule has 1 fully saturated rings. The number of ketones is 2. The molecule has 4 rings (SSSR count). The number of carbonyl (C=O) groups excluding carboxylic acids is 2. The van der Waals surface area contributed by atoms with Crippen molar-refractivity contribution in [2.45, 2.75) is 77.2 Å². The molecule has 0 N–H and O–H groups in total. The average molecular weight is 452 g/mol. The second-order valence-electron chi connectivity index (χ2n) is 9.73. The van der Waals surface area contributed by atoms with Crippen molar-refractivity contribution in [2.24, 2.45) is 11.8 Å². The number of hydrogen-bond acceptors (Lipinski definition) is 4. The molecule has 0 spiro atoms. The lowest BCUT2D eigenvalue weighted by Crippen LogP contribution is -2.40. The lowest BCUT2D eigenvalue weighted by molar-refractivity contribution is -0.125. The predicted octanol–water partition coefficient (Wildman–Crippen LogP) is 6.61. The van der Waals surface area contributed by atoms with Crippen LogP contribution < -0.4 is 0 Å².